The van der Waals surface area contributed by atoms with E-state index < -0.39 is 56.5 Å². The number of halogens is 10. The number of piperidine rings is 2. The van der Waals surface area contributed by atoms with Gasteiger partial charge < -0.3 is 9.80 Å². The van der Waals surface area contributed by atoms with Gasteiger partial charge in [-0.1, -0.05) is 117 Å². The number of alkyl halides is 6. The predicted octanol–water partition coefficient (Wildman–Crippen LogP) is 13.5. The Morgan fingerprint density at radius 2 is 0.691 bits per heavy atom. The zero-order valence-electron chi connectivity index (χ0n) is 28.1. The van der Waals surface area contributed by atoms with E-state index in [1.54, 1.807) is 97.1 Å². The van der Waals surface area contributed by atoms with Crippen LogP contribution >= 0.6 is 79.8 Å². The van der Waals surface area contributed by atoms with E-state index in [4.69, 9.17) is 46.4 Å². The summed E-state index contributed by atoms with van der Waals surface area (Å²) in [6.07, 6.45) is -10.1. The van der Waals surface area contributed by atoms with Crippen molar-refractivity contribution >= 4 is 91.6 Å². The molecule has 290 valence electrons. The van der Waals surface area contributed by atoms with Gasteiger partial charge in [-0.15, -0.1) is 11.8 Å². The minimum Gasteiger partial charge on any atom is -0.321 e. The smallest absolute Gasteiger partial charge is 0.321 e. The molecular formula is C38H28Cl4F6N2O2S3. The SMILES string of the molecule is O=C(N1C(c2ccc(Cl)cc2)CC2(CC1c1ccc(Cl)cc1)SSC1(CC(c3ccc(Cl)cc3)N(C(=O)C(F)(F)F)C(c3ccc(Cl)cc3)C1)S2)C(F)(F)F. The summed E-state index contributed by atoms with van der Waals surface area (Å²) < 4.78 is 85.1. The predicted molar refractivity (Wildman–Crippen MR) is 209 cm³/mol. The second-order valence-corrected chi connectivity index (χ2v) is 20.5. The van der Waals surface area contributed by atoms with Crippen molar-refractivity contribution in [3.8, 4) is 0 Å². The molecule has 2 amide bonds. The zero-order valence-corrected chi connectivity index (χ0v) is 33.6. The van der Waals surface area contributed by atoms with Crippen LogP contribution in [0.25, 0.3) is 0 Å². The Hall–Kier alpha value is -2.39. The molecule has 2 spiro atoms. The molecule has 0 aliphatic carbocycles. The summed E-state index contributed by atoms with van der Waals surface area (Å²) in [6.45, 7) is 0. The molecule has 7 rings (SSSR count). The van der Waals surface area contributed by atoms with Crippen molar-refractivity contribution in [2.75, 3.05) is 0 Å². The van der Waals surface area contributed by atoms with Gasteiger partial charge in [0.25, 0.3) is 0 Å². The number of hydrogen-bond donors (Lipinski definition) is 0. The Morgan fingerprint density at radius 1 is 0.473 bits per heavy atom. The van der Waals surface area contributed by atoms with Crippen molar-refractivity contribution in [2.24, 2.45) is 0 Å². The van der Waals surface area contributed by atoms with Crippen LogP contribution in [0, 0.1) is 0 Å². The number of nitrogens with zero attached hydrogens (tertiary/aromatic N) is 2. The number of amides is 2. The minimum atomic E-state index is -5.19. The van der Waals surface area contributed by atoms with Crippen LogP contribution < -0.4 is 0 Å². The van der Waals surface area contributed by atoms with Crippen LogP contribution in [0.3, 0.4) is 0 Å². The van der Waals surface area contributed by atoms with Crippen molar-refractivity contribution < 1.29 is 35.9 Å². The molecule has 55 heavy (non-hydrogen) atoms. The zero-order chi connectivity index (χ0) is 39.5. The lowest BCUT2D eigenvalue weighted by Gasteiger charge is -2.52. The molecule has 4 nitrogen and oxygen atoms in total. The minimum absolute atomic E-state index is 0.0764. The van der Waals surface area contributed by atoms with E-state index in [9.17, 15) is 35.9 Å². The molecule has 4 aromatic carbocycles. The Labute approximate surface area is 345 Å². The standard InChI is InChI=1S/C38H28Cl4F6N2O2S3/c39-25-9-1-21(2-10-25)29-17-35(18-30(22-3-11-26(40)12-4-22)49(29)33(51)37(43,44)45)53-36(55-54-35)19-31(23-5-13-27(41)14-6-23)50(34(52)38(46,47)48)32(20-36)24-7-15-28(42)16-8-24/h1-16,29-32H,17-20H2. The van der Waals surface area contributed by atoms with Crippen LogP contribution in [0.1, 0.15) is 72.1 Å². The van der Waals surface area contributed by atoms with Gasteiger partial charge in [-0.2, -0.15) is 26.3 Å². The summed E-state index contributed by atoms with van der Waals surface area (Å²) in [5, 5.41) is 1.44. The van der Waals surface area contributed by atoms with Crippen molar-refractivity contribution in [3.05, 3.63) is 139 Å². The van der Waals surface area contributed by atoms with Gasteiger partial charge in [0.15, 0.2) is 0 Å². The summed E-state index contributed by atoms with van der Waals surface area (Å²) in [7, 11) is 2.90. The Kier molecular flexibility index (Phi) is 11.4. The van der Waals surface area contributed by atoms with E-state index in [2.05, 4.69) is 0 Å². The first-order chi connectivity index (χ1) is 25.9. The number of hydrogen-bond acceptors (Lipinski definition) is 5. The average molecular weight is 897 g/mol. The second-order valence-electron chi connectivity index (χ2n) is 13.6. The second kappa shape index (κ2) is 15.4. The highest BCUT2D eigenvalue weighted by molar-refractivity contribution is 8.83. The lowest BCUT2D eigenvalue weighted by atomic mass is 9.86. The van der Waals surface area contributed by atoms with E-state index in [1.807, 2.05) is 0 Å². The number of rotatable bonds is 4. The monoisotopic (exact) mass is 894 g/mol. The Morgan fingerprint density at radius 3 is 0.891 bits per heavy atom. The molecule has 4 atom stereocenters. The van der Waals surface area contributed by atoms with Gasteiger partial charge in [-0.25, -0.2) is 0 Å². The highest BCUT2D eigenvalue weighted by atomic mass is 35.5. The number of benzene rings is 4. The lowest BCUT2D eigenvalue weighted by molar-refractivity contribution is -0.193. The molecule has 0 N–H and O–H groups in total. The van der Waals surface area contributed by atoms with Gasteiger partial charge in [-0.05, 0) is 96.5 Å². The number of thioether (sulfide) groups is 1. The van der Waals surface area contributed by atoms with Gasteiger partial charge in [0.2, 0.25) is 0 Å². The van der Waals surface area contributed by atoms with Crippen LogP contribution in [0.5, 0.6) is 0 Å². The topological polar surface area (TPSA) is 40.6 Å². The van der Waals surface area contributed by atoms with Crippen molar-refractivity contribution in [3.63, 3.8) is 0 Å². The van der Waals surface area contributed by atoms with Crippen molar-refractivity contribution in [2.45, 2.75) is 70.4 Å². The van der Waals surface area contributed by atoms with Crippen molar-refractivity contribution in [1.82, 2.24) is 9.80 Å². The summed E-state index contributed by atoms with van der Waals surface area (Å²) in [5.41, 5.74) is 1.76. The van der Waals surface area contributed by atoms with Crippen LogP contribution in [0.2, 0.25) is 20.1 Å². The molecule has 0 saturated carbocycles. The first kappa shape index (κ1) is 40.8. The summed E-state index contributed by atoms with van der Waals surface area (Å²) in [5.74, 6) is -4.00. The number of carbonyl (C=O) groups excluding carboxylic acids is 2. The third-order valence-corrected chi connectivity index (χ3v) is 17.6. The summed E-state index contributed by atoms with van der Waals surface area (Å²) in [4.78, 5) is 28.6. The van der Waals surface area contributed by atoms with E-state index in [-0.39, 0.29) is 25.7 Å². The lowest BCUT2D eigenvalue weighted by Crippen LogP contribution is -2.53. The molecular weight excluding hydrogens is 868 g/mol. The van der Waals surface area contributed by atoms with E-state index >= 15 is 0 Å². The number of carbonyl (C=O) groups is 2. The first-order valence-corrected chi connectivity index (χ1v) is 21.2. The fourth-order valence-electron chi connectivity index (χ4n) is 7.71. The van der Waals surface area contributed by atoms with Crippen LogP contribution in [-0.2, 0) is 9.59 Å². The highest BCUT2D eigenvalue weighted by Crippen LogP contribution is 2.76. The molecule has 0 aromatic heterocycles. The van der Waals surface area contributed by atoms with Gasteiger partial charge in [-0.3, -0.25) is 9.59 Å². The Bertz CT molecular complexity index is 1800. The molecule has 3 heterocycles. The van der Waals surface area contributed by atoms with Crippen LogP contribution in [-0.4, -0.2) is 42.1 Å². The molecule has 3 fully saturated rings. The first-order valence-electron chi connectivity index (χ1n) is 16.7. The van der Waals surface area contributed by atoms with Gasteiger partial charge in [0, 0.05) is 20.1 Å². The Balaban J connectivity index is 1.35. The van der Waals surface area contributed by atoms with Gasteiger partial charge in [0.05, 0.1) is 32.3 Å². The maximum atomic E-state index is 14.5. The fraction of sp³-hybridized carbons (Fsp3) is 0.316. The molecule has 0 bridgehead atoms. The van der Waals surface area contributed by atoms with E-state index in [0.717, 1.165) is 9.80 Å². The highest BCUT2D eigenvalue weighted by Gasteiger charge is 2.63. The molecule has 0 radical (unpaired) electrons. The summed E-state index contributed by atoms with van der Waals surface area (Å²) in [6, 6.07) is 21.0. The third kappa shape index (κ3) is 8.45. The van der Waals surface area contributed by atoms with E-state index in [1.165, 1.54) is 33.3 Å². The van der Waals surface area contributed by atoms with Gasteiger partial charge >= 0.3 is 24.2 Å². The van der Waals surface area contributed by atoms with E-state index in [0.29, 0.717) is 42.3 Å². The maximum Gasteiger partial charge on any atom is 0.471 e. The third-order valence-electron chi connectivity index (χ3n) is 10.1. The molecule has 17 heteroatoms. The van der Waals surface area contributed by atoms with Gasteiger partial charge in [0.1, 0.15) is 0 Å². The summed E-state index contributed by atoms with van der Waals surface area (Å²) >= 11 is 26.2. The number of likely N-dealkylation sites (tertiary alicyclic amines) is 2. The molecule has 4 aromatic rings. The molecule has 3 aliphatic heterocycles. The molecule has 4 unspecified atom stereocenters. The largest absolute Gasteiger partial charge is 0.471 e. The normalized spacial score (nSPS) is 27.2. The maximum absolute atomic E-state index is 14.5. The average Bonchev–Trinajstić information content (AvgIpc) is 3.46. The fourth-order valence-corrected chi connectivity index (χ4v) is 15.4. The van der Waals surface area contributed by atoms with Crippen LogP contribution in [0.15, 0.2) is 97.1 Å². The molecule has 3 saturated heterocycles. The quantitative estimate of drug-likeness (QED) is 0.151. The van der Waals surface area contributed by atoms with Crippen LogP contribution in [0.4, 0.5) is 26.3 Å². The molecule has 3 aliphatic rings. The van der Waals surface area contributed by atoms with Crippen molar-refractivity contribution in [1.29, 1.82) is 0 Å².